The highest BCUT2D eigenvalue weighted by Gasteiger charge is 2.10. The molecule has 0 atom stereocenters. The van der Waals surface area contributed by atoms with E-state index < -0.39 is 0 Å². The number of anilines is 1. The largest absolute Gasteiger partial charge is 0.370 e. The van der Waals surface area contributed by atoms with Gasteiger partial charge in [0.1, 0.15) is 11.6 Å². The molecule has 1 aromatic heterocycles. The van der Waals surface area contributed by atoms with Gasteiger partial charge in [0.05, 0.1) is 0 Å². The second-order valence-corrected chi connectivity index (χ2v) is 4.54. The fraction of sp³-hybridized carbons (Fsp3) is 0.692. The fourth-order valence-electron chi connectivity index (χ4n) is 1.70. The summed E-state index contributed by atoms with van der Waals surface area (Å²) in [5.74, 6) is 2.58. The summed E-state index contributed by atoms with van der Waals surface area (Å²) in [7, 11) is 0. The van der Waals surface area contributed by atoms with Crippen molar-refractivity contribution in [3.05, 3.63) is 17.1 Å². The van der Waals surface area contributed by atoms with E-state index in [2.05, 4.69) is 49.9 Å². The maximum Gasteiger partial charge on any atom is 0.132 e. The summed E-state index contributed by atoms with van der Waals surface area (Å²) >= 11 is 0. The molecule has 3 heteroatoms. The van der Waals surface area contributed by atoms with Crippen LogP contribution in [-0.2, 0) is 12.8 Å². The fourth-order valence-corrected chi connectivity index (χ4v) is 1.70. The Morgan fingerprint density at radius 1 is 1.19 bits per heavy atom. The lowest BCUT2D eigenvalue weighted by atomic mass is 10.0. The molecule has 1 N–H and O–H groups in total. The number of hydrogen-bond acceptors (Lipinski definition) is 3. The predicted octanol–water partition coefficient (Wildman–Crippen LogP) is 2.98. The first kappa shape index (κ1) is 12.9. The van der Waals surface area contributed by atoms with Gasteiger partial charge >= 0.3 is 0 Å². The third kappa shape index (κ3) is 3.19. The standard InChI is InChI=1S/C13H23N3/c1-6-12-15-11(8-9(3)4)10(5)13(16-12)14-7-2/h9H,6-8H2,1-5H3,(H,14,15,16). The van der Waals surface area contributed by atoms with Gasteiger partial charge in [-0.1, -0.05) is 20.8 Å². The van der Waals surface area contributed by atoms with Crippen molar-refractivity contribution in [2.75, 3.05) is 11.9 Å². The van der Waals surface area contributed by atoms with Crippen molar-refractivity contribution in [2.45, 2.75) is 47.5 Å². The van der Waals surface area contributed by atoms with E-state index in [-0.39, 0.29) is 0 Å². The zero-order valence-electron chi connectivity index (χ0n) is 11.1. The highest BCUT2D eigenvalue weighted by molar-refractivity contribution is 5.45. The molecule has 16 heavy (non-hydrogen) atoms. The molecule has 0 spiro atoms. The van der Waals surface area contributed by atoms with E-state index in [4.69, 9.17) is 0 Å². The Hall–Kier alpha value is -1.12. The van der Waals surface area contributed by atoms with Gasteiger partial charge in [-0.2, -0.15) is 0 Å². The molecule has 0 unspecified atom stereocenters. The van der Waals surface area contributed by atoms with Crippen molar-refractivity contribution in [1.29, 1.82) is 0 Å². The van der Waals surface area contributed by atoms with Crippen LogP contribution in [0.25, 0.3) is 0 Å². The molecule has 0 aliphatic heterocycles. The molecular formula is C13H23N3. The van der Waals surface area contributed by atoms with Gasteiger partial charge in [0.2, 0.25) is 0 Å². The second kappa shape index (κ2) is 5.83. The third-order valence-electron chi connectivity index (χ3n) is 2.55. The van der Waals surface area contributed by atoms with Gasteiger partial charge in [0, 0.05) is 24.2 Å². The number of nitrogens with zero attached hydrogens (tertiary/aromatic N) is 2. The van der Waals surface area contributed by atoms with Crippen LogP contribution in [0.4, 0.5) is 5.82 Å². The first-order valence-corrected chi connectivity index (χ1v) is 6.18. The van der Waals surface area contributed by atoms with E-state index in [0.29, 0.717) is 5.92 Å². The average Bonchev–Trinajstić information content (AvgIpc) is 2.23. The van der Waals surface area contributed by atoms with E-state index in [0.717, 1.165) is 31.0 Å². The zero-order valence-corrected chi connectivity index (χ0v) is 11.1. The maximum absolute atomic E-state index is 4.62. The summed E-state index contributed by atoms with van der Waals surface area (Å²) in [6.07, 6.45) is 1.92. The molecule has 0 bridgehead atoms. The minimum atomic E-state index is 0.632. The number of hydrogen-bond donors (Lipinski definition) is 1. The highest BCUT2D eigenvalue weighted by Crippen LogP contribution is 2.18. The molecule has 90 valence electrons. The van der Waals surface area contributed by atoms with E-state index in [1.807, 2.05) is 0 Å². The maximum atomic E-state index is 4.62. The Morgan fingerprint density at radius 3 is 2.38 bits per heavy atom. The lowest BCUT2D eigenvalue weighted by Crippen LogP contribution is -2.10. The first-order valence-electron chi connectivity index (χ1n) is 6.18. The highest BCUT2D eigenvalue weighted by atomic mass is 15.0. The second-order valence-electron chi connectivity index (χ2n) is 4.54. The quantitative estimate of drug-likeness (QED) is 0.830. The summed E-state index contributed by atoms with van der Waals surface area (Å²) in [6.45, 7) is 11.6. The van der Waals surface area contributed by atoms with Crippen LogP contribution < -0.4 is 5.32 Å². The van der Waals surface area contributed by atoms with E-state index in [1.54, 1.807) is 0 Å². The van der Waals surface area contributed by atoms with Gasteiger partial charge in [-0.15, -0.1) is 0 Å². The molecule has 0 aliphatic carbocycles. The Morgan fingerprint density at radius 2 is 1.88 bits per heavy atom. The van der Waals surface area contributed by atoms with Crippen molar-refractivity contribution >= 4 is 5.82 Å². The summed E-state index contributed by atoms with van der Waals surface area (Å²) in [4.78, 5) is 9.15. The molecule has 1 rings (SSSR count). The van der Waals surface area contributed by atoms with Gasteiger partial charge in [-0.05, 0) is 26.2 Å². The van der Waals surface area contributed by atoms with Crippen molar-refractivity contribution in [1.82, 2.24) is 9.97 Å². The molecule has 0 radical (unpaired) electrons. The van der Waals surface area contributed by atoms with E-state index in [1.165, 1.54) is 11.3 Å². The van der Waals surface area contributed by atoms with E-state index in [9.17, 15) is 0 Å². The van der Waals surface area contributed by atoms with Crippen molar-refractivity contribution in [3.63, 3.8) is 0 Å². The zero-order chi connectivity index (χ0) is 12.1. The third-order valence-corrected chi connectivity index (χ3v) is 2.55. The van der Waals surface area contributed by atoms with Crippen LogP contribution in [0.5, 0.6) is 0 Å². The molecule has 0 saturated heterocycles. The number of aromatic nitrogens is 2. The van der Waals surface area contributed by atoms with Crippen LogP contribution in [0.2, 0.25) is 0 Å². The van der Waals surface area contributed by atoms with E-state index >= 15 is 0 Å². The molecule has 0 aromatic carbocycles. The molecule has 1 heterocycles. The molecule has 0 fully saturated rings. The van der Waals surface area contributed by atoms with Crippen LogP contribution in [0.3, 0.4) is 0 Å². The summed E-state index contributed by atoms with van der Waals surface area (Å²) < 4.78 is 0. The first-order chi connectivity index (χ1) is 7.58. The Labute approximate surface area is 98.7 Å². The smallest absolute Gasteiger partial charge is 0.132 e. The number of nitrogens with one attached hydrogen (secondary N) is 1. The predicted molar refractivity (Wildman–Crippen MR) is 68.9 cm³/mol. The van der Waals surface area contributed by atoms with Crippen LogP contribution in [-0.4, -0.2) is 16.5 Å². The number of rotatable bonds is 5. The van der Waals surface area contributed by atoms with Crippen LogP contribution in [0, 0.1) is 12.8 Å². The minimum absolute atomic E-state index is 0.632. The molecule has 3 nitrogen and oxygen atoms in total. The van der Waals surface area contributed by atoms with Crippen molar-refractivity contribution < 1.29 is 0 Å². The number of aryl methyl sites for hydroxylation is 1. The van der Waals surface area contributed by atoms with Crippen molar-refractivity contribution in [2.24, 2.45) is 5.92 Å². The Balaban J connectivity index is 3.09. The van der Waals surface area contributed by atoms with Gasteiger partial charge in [0.25, 0.3) is 0 Å². The summed E-state index contributed by atoms with van der Waals surface area (Å²) in [5.41, 5.74) is 2.39. The monoisotopic (exact) mass is 221 g/mol. The van der Waals surface area contributed by atoms with Gasteiger partial charge in [-0.3, -0.25) is 0 Å². The normalized spacial score (nSPS) is 10.9. The Kier molecular flexibility index (Phi) is 4.71. The molecule has 0 aliphatic rings. The average molecular weight is 221 g/mol. The topological polar surface area (TPSA) is 37.8 Å². The SMILES string of the molecule is CCNc1nc(CC)nc(CC(C)C)c1C. The lowest BCUT2D eigenvalue weighted by molar-refractivity contribution is 0.627. The Bertz CT molecular complexity index is 345. The lowest BCUT2D eigenvalue weighted by Gasteiger charge is -2.14. The molecule has 1 aromatic rings. The summed E-state index contributed by atoms with van der Waals surface area (Å²) in [6, 6.07) is 0. The molecule has 0 saturated carbocycles. The molecular weight excluding hydrogens is 198 g/mol. The van der Waals surface area contributed by atoms with Gasteiger partial charge in [0.15, 0.2) is 0 Å². The minimum Gasteiger partial charge on any atom is -0.370 e. The summed E-state index contributed by atoms with van der Waals surface area (Å²) in [5, 5.41) is 3.31. The van der Waals surface area contributed by atoms with Gasteiger partial charge in [-0.25, -0.2) is 9.97 Å². The molecule has 0 amide bonds. The van der Waals surface area contributed by atoms with Crippen molar-refractivity contribution in [3.8, 4) is 0 Å². The van der Waals surface area contributed by atoms with Crippen LogP contribution in [0.1, 0.15) is 44.8 Å². The van der Waals surface area contributed by atoms with Crippen LogP contribution >= 0.6 is 0 Å². The van der Waals surface area contributed by atoms with Crippen LogP contribution in [0.15, 0.2) is 0 Å². The van der Waals surface area contributed by atoms with Gasteiger partial charge < -0.3 is 5.32 Å².